The molecule has 4 heteroatoms. The van der Waals surface area contributed by atoms with E-state index in [2.05, 4.69) is 23.6 Å². The molecule has 4 nitrogen and oxygen atoms in total. The molecule has 122 valence electrons. The van der Waals surface area contributed by atoms with Crippen molar-refractivity contribution in [3.8, 4) is 0 Å². The maximum Gasteiger partial charge on any atom is 0.335 e. The highest BCUT2D eigenvalue weighted by atomic mass is 16.4. The van der Waals surface area contributed by atoms with Crippen LogP contribution in [0.1, 0.15) is 66.2 Å². The van der Waals surface area contributed by atoms with Crippen molar-refractivity contribution >= 4 is 5.97 Å². The van der Waals surface area contributed by atoms with E-state index in [0.717, 1.165) is 18.5 Å². The molecular weight excluding hydrogens is 288 g/mol. The molecule has 3 rings (SSSR count). The molecule has 2 aromatic rings. The van der Waals surface area contributed by atoms with E-state index < -0.39 is 5.97 Å². The molecule has 0 radical (unpaired) electrons. The molecule has 0 saturated heterocycles. The van der Waals surface area contributed by atoms with Crippen LogP contribution in [0.5, 0.6) is 0 Å². The Morgan fingerprint density at radius 3 is 2.78 bits per heavy atom. The van der Waals surface area contributed by atoms with Crippen LogP contribution in [-0.4, -0.2) is 20.9 Å². The molecule has 0 aliphatic carbocycles. The lowest BCUT2D eigenvalue weighted by atomic mass is 9.81. The number of aryl methyl sites for hydroxylation is 1. The van der Waals surface area contributed by atoms with Crippen LogP contribution in [0.15, 0.2) is 30.5 Å². The van der Waals surface area contributed by atoms with Crippen molar-refractivity contribution in [2.45, 2.75) is 52.0 Å². The van der Waals surface area contributed by atoms with E-state index in [1.54, 1.807) is 12.1 Å². The van der Waals surface area contributed by atoms with E-state index in [1.807, 2.05) is 18.3 Å². The van der Waals surface area contributed by atoms with Crippen molar-refractivity contribution in [1.82, 2.24) is 9.78 Å². The Hall–Kier alpha value is -2.10. The number of aromatic nitrogens is 2. The molecule has 0 spiro atoms. The van der Waals surface area contributed by atoms with E-state index >= 15 is 0 Å². The highest BCUT2D eigenvalue weighted by Crippen LogP contribution is 2.37. The Bertz CT molecular complexity index is 688. The van der Waals surface area contributed by atoms with Crippen LogP contribution in [0, 0.1) is 5.92 Å². The number of rotatable bonds is 5. The van der Waals surface area contributed by atoms with Gasteiger partial charge >= 0.3 is 5.97 Å². The fraction of sp³-hybridized carbons (Fsp3) is 0.474. The van der Waals surface area contributed by atoms with Crippen molar-refractivity contribution < 1.29 is 9.90 Å². The number of hydrogen-bond donors (Lipinski definition) is 1. The second-order valence-corrected chi connectivity index (χ2v) is 6.59. The summed E-state index contributed by atoms with van der Waals surface area (Å²) in [5.41, 5.74) is 4.16. The van der Waals surface area contributed by atoms with Crippen molar-refractivity contribution in [2.75, 3.05) is 0 Å². The minimum Gasteiger partial charge on any atom is -0.478 e. The lowest BCUT2D eigenvalue weighted by Crippen LogP contribution is -2.22. The Morgan fingerprint density at radius 2 is 2.13 bits per heavy atom. The number of carboxylic acid groups (broad SMARTS) is 1. The van der Waals surface area contributed by atoms with Crippen molar-refractivity contribution in [3.63, 3.8) is 0 Å². The minimum absolute atomic E-state index is 0.336. The van der Waals surface area contributed by atoms with Crippen LogP contribution in [0.4, 0.5) is 0 Å². The van der Waals surface area contributed by atoms with Gasteiger partial charge in [0, 0.05) is 24.6 Å². The first kappa shape index (κ1) is 15.8. The first-order chi connectivity index (χ1) is 11.1. The van der Waals surface area contributed by atoms with Gasteiger partial charge < -0.3 is 5.11 Å². The molecule has 2 unspecified atom stereocenters. The summed E-state index contributed by atoms with van der Waals surface area (Å²) in [6.45, 7) is 5.60. The lowest BCUT2D eigenvalue weighted by molar-refractivity contribution is 0.0697. The standard InChI is InChI=1S/C19H24N2O2/c1-3-13(2)17-5-4-10-21-18(17)16(12-20-21)11-14-6-8-15(9-7-14)19(22)23/h6-9,12-13,17H,3-5,10-11H2,1-2H3,(H,22,23). The summed E-state index contributed by atoms with van der Waals surface area (Å²) in [7, 11) is 0. The van der Waals surface area contributed by atoms with Crippen molar-refractivity contribution in [2.24, 2.45) is 5.92 Å². The first-order valence-electron chi connectivity index (χ1n) is 8.47. The molecule has 1 aromatic carbocycles. The summed E-state index contributed by atoms with van der Waals surface area (Å²) in [6.07, 6.45) is 6.45. The van der Waals surface area contributed by atoms with Crippen LogP contribution in [-0.2, 0) is 13.0 Å². The van der Waals surface area contributed by atoms with Gasteiger partial charge in [-0.25, -0.2) is 4.79 Å². The third kappa shape index (κ3) is 3.16. The second-order valence-electron chi connectivity index (χ2n) is 6.59. The summed E-state index contributed by atoms with van der Waals surface area (Å²) >= 11 is 0. The Morgan fingerprint density at radius 1 is 1.39 bits per heavy atom. The zero-order valence-electron chi connectivity index (χ0n) is 13.8. The maximum absolute atomic E-state index is 11.0. The number of carbonyl (C=O) groups is 1. The predicted molar refractivity (Wildman–Crippen MR) is 89.9 cm³/mol. The number of aromatic carboxylic acids is 1. The fourth-order valence-electron chi connectivity index (χ4n) is 3.60. The molecule has 2 heterocycles. The lowest BCUT2D eigenvalue weighted by Gasteiger charge is -2.29. The van der Waals surface area contributed by atoms with Gasteiger partial charge in [-0.3, -0.25) is 4.68 Å². The van der Waals surface area contributed by atoms with Crippen molar-refractivity contribution in [1.29, 1.82) is 0 Å². The molecule has 2 atom stereocenters. The smallest absolute Gasteiger partial charge is 0.335 e. The zero-order valence-corrected chi connectivity index (χ0v) is 13.8. The van der Waals surface area contributed by atoms with E-state index in [-0.39, 0.29) is 0 Å². The van der Waals surface area contributed by atoms with Crippen LogP contribution < -0.4 is 0 Å². The molecule has 0 saturated carbocycles. The van der Waals surface area contributed by atoms with E-state index in [9.17, 15) is 4.79 Å². The average Bonchev–Trinajstić information content (AvgIpc) is 2.97. The van der Waals surface area contributed by atoms with Gasteiger partial charge in [0.15, 0.2) is 0 Å². The monoisotopic (exact) mass is 312 g/mol. The average molecular weight is 312 g/mol. The van der Waals surface area contributed by atoms with Gasteiger partial charge in [-0.05, 0) is 42.0 Å². The van der Waals surface area contributed by atoms with Crippen LogP contribution >= 0.6 is 0 Å². The SMILES string of the molecule is CCC(C)C1CCCn2ncc(Cc3ccc(C(=O)O)cc3)c21. The van der Waals surface area contributed by atoms with Gasteiger partial charge in [0.2, 0.25) is 0 Å². The van der Waals surface area contributed by atoms with E-state index in [4.69, 9.17) is 5.11 Å². The summed E-state index contributed by atoms with van der Waals surface area (Å²) in [5, 5.41) is 13.6. The molecule has 0 bridgehead atoms. The fourth-order valence-corrected chi connectivity index (χ4v) is 3.60. The maximum atomic E-state index is 11.0. The Labute approximate surface area is 137 Å². The number of nitrogens with zero attached hydrogens (tertiary/aromatic N) is 2. The highest BCUT2D eigenvalue weighted by molar-refractivity contribution is 5.87. The van der Waals surface area contributed by atoms with Crippen molar-refractivity contribution in [3.05, 3.63) is 52.8 Å². The molecule has 1 aliphatic rings. The second kappa shape index (κ2) is 6.57. The first-order valence-corrected chi connectivity index (χ1v) is 8.47. The van der Waals surface area contributed by atoms with E-state index in [1.165, 1.54) is 30.5 Å². The molecule has 0 fully saturated rings. The summed E-state index contributed by atoms with van der Waals surface area (Å²) < 4.78 is 2.18. The molecule has 1 aromatic heterocycles. The zero-order chi connectivity index (χ0) is 16.4. The summed E-state index contributed by atoms with van der Waals surface area (Å²) in [4.78, 5) is 11.0. The quantitative estimate of drug-likeness (QED) is 0.904. The van der Waals surface area contributed by atoms with Gasteiger partial charge in [-0.15, -0.1) is 0 Å². The Kier molecular flexibility index (Phi) is 4.51. The van der Waals surface area contributed by atoms with Crippen LogP contribution in [0.2, 0.25) is 0 Å². The number of hydrogen-bond acceptors (Lipinski definition) is 2. The Balaban J connectivity index is 1.87. The topological polar surface area (TPSA) is 55.1 Å². The largest absolute Gasteiger partial charge is 0.478 e. The van der Waals surface area contributed by atoms with Gasteiger partial charge in [0.1, 0.15) is 0 Å². The van der Waals surface area contributed by atoms with Gasteiger partial charge in [0.05, 0.1) is 11.8 Å². The van der Waals surface area contributed by atoms with Gasteiger partial charge in [0.25, 0.3) is 0 Å². The number of fused-ring (bicyclic) bond motifs is 1. The summed E-state index contributed by atoms with van der Waals surface area (Å²) in [5.74, 6) is 0.375. The molecule has 23 heavy (non-hydrogen) atoms. The number of carboxylic acids is 1. The summed E-state index contributed by atoms with van der Waals surface area (Å²) in [6, 6.07) is 7.18. The predicted octanol–water partition coefficient (Wildman–Crippen LogP) is 4.10. The molecule has 1 aliphatic heterocycles. The van der Waals surface area contributed by atoms with Crippen LogP contribution in [0.25, 0.3) is 0 Å². The number of benzene rings is 1. The third-order valence-electron chi connectivity index (χ3n) is 5.12. The van der Waals surface area contributed by atoms with Gasteiger partial charge in [-0.1, -0.05) is 32.4 Å². The highest BCUT2D eigenvalue weighted by Gasteiger charge is 2.28. The molecule has 0 amide bonds. The van der Waals surface area contributed by atoms with Gasteiger partial charge in [-0.2, -0.15) is 5.10 Å². The van der Waals surface area contributed by atoms with Crippen LogP contribution in [0.3, 0.4) is 0 Å². The molecule has 1 N–H and O–H groups in total. The normalized spacial score (nSPS) is 18.4. The minimum atomic E-state index is -0.878. The third-order valence-corrected chi connectivity index (χ3v) is 5.12. The molecular formula is C19H24N2O2. The van der Waals surface area contributed by atoms with E-state index in [0.29, 0.717) is 17.4 Å².